The fourth-order valence-corrected chi connectivity index (χ4v) is 3.45. The molecule has 0 aromatic carbocycles. The fraction of sp³-hybridized carbons (Fsp3) is 0.571. The quantitative estimate of drug-likeness (QED) is 0.914. The first-order valence-corrected chi connectivity index (χ1v) is 6.86. The van der Waals surface area contributed by atoms with E-state index in [1.165, 1.54) is 0 Å². The Hall–Kier alpha value is -1.98. The number of carboxylic acid groups (broad SMARTS) is 1. The van der Waals surface area contributed by atoms with Crippen LogP contribution >= 0.6 is 0 Å². The van der Waals surface area contributed by atoms with E-state index >= 15 is 0 Å². The molecular weight excluding hydrogens is 260 g/mol. The number of hydrogen-bond donors (Lipinski definition) is 1. The van der Waals surface area contributed by atoms with Gasteiger partial charge in [0.05, 0.1) is 18.7 Å². The number of amides is 2. The van der Waals surface area contributed by atoms with Gasteiger partial charge in [0.2, 0.25) is 0 Å². The maximum absolute atomic E-state index is 12.5. The summed E-state index contributed by atoms with van der Waals surface area (Å²) in [7, 11) is 1.72. The van der Waals surface area contributed by atoms with Crippen molar-refractivity contribution in [3.63, 3.8) is 0 Å². The van der Waals surface area contributed by atoms with E-state index in [-0.39, 0.29) is 18.1 Å². The van der Waals surface area contributed by atoms with E-state index in [9.17, 15) is 14.7 Å². The van der Waals surface area contributed by atoms with Crippen molar-refractivity contribution in [3.8, 4) is 0 Å². The lowest BCUT2D eigenvalue weighted by molar-refractivity contribution is -0.142. The van der Waals surface area contributed by atoms with Crippen LogP contribution in [0.5, 0.6) is 0 Å². The second kappa shape index (κ2) is 4.85. The van der Waals surface area contributed by atoms with Crippen LogP contribution in [0.15, 0.2) is 22.8 Å². The van der Waals surface area contributed by atoms with Crippen LogP contribution < -0.4 is 0 Å². The minimum absolute atomic E-state index is 0.0765. The highest BCUT2D eigenvalue weighted by Gasteiger charge is 2.51. The molecule has 20 heavy (non-hydrogen) atoms. The molecule has 2 bridgehead atoms. The molecule has 2 aliphatic heterocycles. The van der Waals surface area contributed by atoms with Gasteiger partial charge in [-0.15, -0.1) is 0 Å². The van der Waals surface area contributed by atoms with Crippen molar-refractivity contribution in [2.75, 3.05) is 7.05 Å². The lowest BCUT2D eigenvalue weighted by Crippen LogP contribution is -2.44. The average molecular weight is 278 g/mol. The van der Waals surface area contributed by atoms with Crippen molar-refractivity contribution in [3.05, 3.63) is 24.2 Å². The molecule has 3 atom stereocenters. The fourth-order valence-electron chi connectivity index (χ4n) is 3.45. The van der Waals surface area contributed by atoms with Crippen molar-refractivity contribution in [1.29, 1.82) is 0 Å². The van der Waals surface area contributed by atoms with Gasteiger partial charge in [0.15, 0.2) is 0 Å². The van der Waals surface area contributed by atoms with Gasteiger partial charge in [0.25, 0.3) is 0 Å². The number of carbonyl (C=O) groups is 2. The second-order valence-electron chi connectivity index (χ2n) is 5.60. The molecule has 2 aliphatic rings. The predicted octanol–water partition coefficient (Wildman–Crippen LogP) is 1.77. The standard InChI is InChI=1S/C14H18N2O4/c1-15(8-10-3-2-6-20-10)14(19)16-9-4-5-12(16)11(7-9)13(17)18/h2-3,6,9,11-12H,4-5,7-8H2,1H3,(H,17,18). The summed E-state index contributed by atoms with van der Waals surface area (Å²) < 4.78 is 5.24. The Morgan fingerprint density at radius 1 is 1.50 bits per heavy atom. The SMILES string of the molecule is CN(Cc1ccco1)C(=O)N1C2CCC1C(C(=O)O)C2. The highest BCUT2D eigenvalue weighted by Crippen LogP contribution is 2.42. The Bertz CT molecular complexity index is 513. The zero-order valence-corrected chi connectivity index (χ0v) is 11.4. The summed E-state index contributed by atoms with van der Waals surface area (Å²) in [5, 5.41) is 9.21. The number of fused-ring (bicyclic) bond motifs is 2. The molecule has 6 nitrogen and oxygen atoms in total. The molecule has 0 radical (unpaired) electrons. The van der Waals surface area contributed by atoms with Crippen LogP contribution in [0.3, 0.4) is 0 Å². The first-order chi connectivity index (χ1) is 9.58. The molecule has 1 N–H and O–H groups in total. The summed E-state index contributed by atoms with van der Waals surface area (Å²) in [6.07, 6.45) is 3.87. The lowest BCUT2D eigenvalue weighted by Gasteiger charge is -2.28. The summed E-state index contributed by atoms with van der Waals surface area (Å²) in [6.45, 7) is 0.402. The van der Waals surface area contributed by atoms with Crippen LogP contribution in [0.1, 0.15) is 25.0 Å². The molecule has 2 saturated heterocycles. The largest absolute Gasteiger partial charge is 0.481 e. The van der Waals surface area contributed by atoms with Gasteiger partial charge in [0, 0.05) is 19.1 Å². The Labute approximate surface area is 117 Å². The van der Waals surface area contributed by atoms with E-state index in [0.29, 0.717) is 13.0 Å². The molecule has 0 aliphatic carbocycles. The van der Waals surface area contributed by atoms with E-state index in [0.717, 1.165) is 18.6 Å². The van der Waals surface area contributed by atoms with Crippen LogP contribution in [-0.4, -0.2) is 46.0 Å². The molecule has 1 aromatic rings. The van der Waals surface area contributed by atoms with Gasteiger partial charge in [-0.2, -0.15) is 0 Å². The van der Waals surface area contributed by atoms with Crippen LogP contribution in [0.4, 0.5) is 4.79 Å². The zero-order valence-electron chi connectivity index (χ0n) is 11.4. The third kappa shape index (κ3) is 2.05. The van der Waals surface area contributed by atoms with Crippen LogP contribution in [0.2, 0.25) is 0 Å². The Kier molecular flexibility index (Phi) is 3.16. The summed E-state index contributed by atoms with van der Waals surface area (Å²) in [4.78, 5) is 27.1. The van der Waals surface area contributed by atoms with E-state index in [4.69, 9.17) is 4.42 Å². The molecule has 3 rings (SSSR count). The molecule has 2 fully saturated rings. The maximum Gasteiger partial charge on any atom is 0.320 e. The van der Waals surface area contributed by atoms with Crippen molar-refractivity contribution in [1.82, 2.24) is 9.80 Å². The molecule has 0 saturated carbocycles. The lowest BCUT2D eigenvalue weighted by atomic mass is 9.89. The summed E-state index contributed by atoms with van der Waals surface area (Å²) in [6, 6.07) is 3.44. The highest BCUT2D eigenvalue weighted by molar-refractivity contribution is 5.79. The van der Waals surface area contributed by atoms with Crippen LogP contribution in [0.25, 0.3) is 0 Å². The molecule has 108 valence electrons. The number of carbonyl (C=O) groups excluding carboxylic acids is 1. The van der Waals surface area contributed by atoms with Crippen molar-refractivity contribution >= 4 is 12.0 Å². The van der Waals surface area contributed by atoms with E-state index in [1.54, 1.807) is 29.2 Å². The Morgan fingerprint density at radius 2 is 2.30 bits per heavy atom. The number of carboxylic acids is 1. The zero-order chi connectivity index (χ0) is 14.3. The first-order valence-electron chi connectivity index (χ1n) is 6.86. The first kappa shape index (κ1) is 13.0. The molecule has 0 spiro atoms. The van der Waals surface area contributed by atoms with Crippen molar-refractivity contribution in [2.24, 2.45) is 5.92 Å². The summed E-state index contributed by atoms with van der Waals surface area (Å²) in [5.74, 6) is -0.472. The Balaban J connectivity index is 1.70. The molecular formula is C14H18N2O4. The van der Waals surface area contributed by atoms with Gasteiger partial charge in [0.1, 0.15) is 5.76 Å². The van der Waals surface area contributed by atoms with Gasteiger partial charge in [-0.25, -0.2) is 4.79 Å². The molecule has 3 heterocycles. The molecule has 6 heteroatoms. The monoisotopic (exact) mass is 278 g/mol. The number of urea groups is 1. The third-order valence-electron chi connectivity index (χ3n) is 4.37. The van der Waals surface area contributed by atoms with Crippen LogP contribution in [-0.2, 0) is 11.3 Å². The van der Waals surface area contributed by atoms with E-state index in [2.05, 4.69) is 0 Å². The number of aliphatic carboxylic acids is 1. The van der Waals surface area contributed by atoms with E-state index in [1.807, 2.05) is 6.07 Å². The van der Waals surface area contributed by atoms with Gasteiger partial charge in [-0.05, 0) is 31.4 Å². The molecule has 3 unspecified atom stereocenters. The Morgan fingerprint density at radius 3 is 2.90 bits per heavy atom. The smallest absolute Gasteiger partial charge is 0.320 e. The highest BCUT2D eigenvalue weighted by atomic mass is 16.4. The second-order valence-corrected chi connectivity index (χ2v) is 5.60. The molecule has 1 aromatic heterocycles. The third-order valence-corrected chi connectivity index (χ3v) is 4.37. The number of rotatable bonds is 3. The number of hydrogen-bond acceptors (Lipinski definition) is 3. The van der Waals surface area contributed by atoms with Gasteiger partial charge in [-0.3, -0.25) is 4.79 Å². The average Bonchev–Trinajstić information content (AvgIpc) is 3.12. The van der Waals surface area contributed by atoms with E-state index < -0.39 is 11.9 Å². The number of furan rings is 1. The predicted molar refractivity (Wildman–Crippen MR) is 70.0 cm³/mol. The number of nitrogens with zero attached hydrogens (tertiary/aromatic N) is 2. The topological polar surface area (TPSA) is 74.0 Å². The van der Waals surface area contributed by atoms with Gasteiger partial charge < -0.3 is 19.3 Å². The van der Waals surface area contributed by atoms with Crippen LogP contribution in [0, 0.1) is 5.92 Å². The normalized spacial score (nSPS) is 27.9. The van der Waals surface area contributed by atoms with Gasteiger partial charge in [-0.1, -0.05) is 0 Å². The van der Waals surface area contributed by atoms with Gasteiger partial charge >= 0.3 is 12.0 Å². The summed E-state index contributed by atoms with van der Waals surface area (Å²) in [5.41, 5.74) is 0. The molecule has 2 amide bonds. The maximum atomic E-state index is 12.5. The minimum atomic E-state index is -0.788. The minimum Gasteiger partial charge on any atom is -0.481 e. The van der Waals surface area contributed by atoms with Crippen molar-refractivity contribution < 1.29 is 19.1 Å². The van der Waals surface area contributed by atoms with Crippen molar-refractivity contribution in [2.45, 2.75) is 37.9 Å². The summed E-state index contributed by atoms with van der Waals surface area (Å²) >= 11 is 0.